The number of hydrogen-bond donors (Lipinski definition) is 2. The van der Waals surface area contributed by atoms with Crippen LogP contribution in [0.3, 0.4) is 0 Å². The van der Waals surface area contributed by atoms with E-state index in [4.69, 9.17) is 4.74 Å². The number of aromatic amines is 1. The molecule has 2 N–H and O–H groups in total. The maximum Gasteiger partial charge on any atom is 0.282 e. The van der Waals surface area contributed by atoms with Crippen LogP contribution in [0.15, 0.2) is 24.3 Å². The molecule has 10 nitrogen and oxygen atoms in total. The Morgan fingerprint density at radius 3 is 2.97 bits per heavy atom. The Labute approximate surface area is 166 Å². The molecule has 29 heavy (non-hydrogen) atoms. The first kappa shape index (κ1) is 19.1. The summed E-state index contributed by atoms with van der Waals surface area (Å²) < 4.78 is 5.51. The minimum Gasteiger partial charge on any atom is -0.376 e. The van der Waals surface area contributed by atoms with Gasteiger partial charge in [0.25, 0.3) is 17.5 Å². The van der Waals surface area contributed by atoms with Crippen molar-refractivity contribution in [2.75, 3.05) is 19.7 Å². The fourth-order valence-electron chi connectivity index (χ4n) is 3.74. The lowest BCUT2D eigenvalue weighted by atomic mass is 10.0. The van der Waals surface area contributed by atoms with Gasteiger partial charge in [-0.3, -0.25) is 24.8 Å². The highest BCUT2D eigenvalue weighted by molar-refractivity contribution is 5.99. The minimum atomic E-state index is -0.565. The number of carbonyl (C=O) groups excluding carboxylic acids is 2. The van der Waals surface area contributed by atoms with Gasteiger partial charge in [-0.2, -0.15) is 5.10 Å². The number of nitro benzene ring substituents is 1. The Kier molecular flexibility index (Phi) is 5.26. The van der Waals surface area contributed by atoms with E-state index in [9.17, 15) is 19.7 Å². The molecule has 0 saturated carbocycles. The summed E-state index contributed by atoms with van der Waals surface area (Å²) in [6, 6.07) is 5.87. The number of nitrogens with one attached hydrogen (secondary N) is 2. The van der Waals surface area contributed by atoms with E-state index in [1.165, 1.54) is 23.1 Å². The topological polar surface area (TPSA) is 130 Å². The summed E-state index contributed by atoms with van der Waals surface area (Å²) in [4.78, 5) is 37.7. The highest BCUT2D eigenvalue weighted by atomic mass is 16.6. The normalized spacial score (nSPS) is 18.3. The van der Waals surface area contributed by atoms with Crippen LogP contribution in [0.5, 0.6) is 0 Å². The van der Waals surface area contributed by atoms with E-state index >= 15 is 0 Å². The monoisotopic (exact) mass is 399 g/mol. The van der Waals surface area contributed by atoms with Gasteiger partial charge >= 0.3 is 0 Å². The predicted octanol–water partition coefficient (Wildman–Crippen LogP) is 1.43. The van der Waals surface area contributed by atoms with Crippen molar-refractivity contribution in [1.82, 2.24) is 20.4 Å². The Hall–Kier alpha value is -3.27. The van der Waals surface area contributed by atoms with E-state index in [1.54, 1.807) is 6.07 Å². The van der Waals surface area contributed by atoms with Crippen LogP contribution < -0.4 is 5.32 Å². The van der Waals surface area contributed by atoms with Gasteiger partial charge < -0.3 is 15.0 Å². The van der Waals surface area contributed by atoms with Crippen LogP contribution in [0.2, 0.25) is 0 Å². The van der Waals surface area contributed by atoms with Gasteiger partial charge in [0.05, 0.1) is 17.6 Å². The van der Waals surface area contributed by atoms with Crippen LogP contribution in [0.4, 0.5) is 5.69 Å². The third-order valence-electron chi connectivity index (χ3n) is 5.28. The van der Waals surface area contributed by atoms with Gasteiger partial charge in [-0.05, 0) is 18.9 Å². The molecule has 1 fully saturated rings. The predicted molar refractivity (Wildman–Crippen MR) is 101 cm³/mol. The first-order chi connectivity index (χ1) is 14.0. The molecule has 3 heterocycles. The second-order valence-electron chi connectivity index (χ2n) is 7.13. The van der Waals surface area contributed by atoms with E-state index in [2.05, 4.69) is 15.5 Å². The average molecular weight is 399 g/mol. The van der Waals surface area contributed by atoms with E-state index in [1.807, 2.05) is 0 Å². The van der Waals surface area contributed by atoms with Gasteiger partial charge in [-0.1, -0.05) is 12.1 Å². The smallest absolute Gasteiger partial charge is 0.282 e. The third kappa shape index (κ3) is 3.83. The number of carbonyl (C=O) groups is 2. The third-order valence-corrected chi connectivity index (χ3v) is 5.28. The minimum absolute atomic E-state index is 0.0189. The van der Waals surface area contributed by atoms with E-state index < -0.39 is 10.8 Å². The second kappa shape index (κ2) is 8.00. The van der Waals surface area contributed by atoms with Gasteiger partial charge in [-0.25, -0.2) is 0 Å². The van der Waals surface area contributed by atoms with Gasteiger partial charge in [0, 0.05) is 43.4 Å². The van der Waals surface area contributed by atoms with Crippen molar-refractivity contribution < 1.29 is 19.2 Å². The van der Waals surface area contributed by atoms with Crippen LogP contribution >= 0.6 is 0 Å². The van der Waals surface area contributed by atoms with Crippen molar-refractivity contribution in [3.05, 3.63) is 56.9 Å². The van der Waals surface area contributed by atoms with Crippen LogP contribution in [0.25, 0.3) is 0 Å². The van der Waals surface area contributed by atoms with Crippen molar-refractivity contribution in [2.45, 2.75) is 31.9 Å². The van der Waals surface area contributed by atoms with E-state index in [0.29, 0.717) is 31.7 Å². The second-order valence-corrected chi connectivity index (χ2v) is 7.13. The van der Waals surface area contributed by atoms with Crippen molar-refractivity contribution in [3.8, 4) is 0 Å². The van der Waals surface area contributed by atoms with Crippen LogP contribution in [-0.2, 0) is 17.7 Å². The van der Waals surface area contributed by atoms with Crippen LogP contribution in [0.1, 0.15) is 44.9 Å². The average Bonchev–Trinajstić information content (AvgIpc) is 3.40. The summed E-state index contributed by atoms with van der Waals surface area (Å²) in [5.74, 6) is -0.757. The largest absolute Gasteiger partial charge is 0.376 e. The zero-order valence-electron chi connectivity index (χ0n) is 15.7. The lowest BCUT2D eigenvalue weighted by Crippen LogP contribution is -2.37. The maximum absolute atomic E-state index is 12.9. The molecule has 2 aliphatic heterocycles. The first-order valence-electron chi connectivity index (χ1n) is 9.53. The molecule has 0 aliphatic carbocycles. The lowest BCUT2D eigenvalue weighted by Gasteiger charge is -2.27. The Morgan fingerprint density at radius 2 is 2.21 bits per heavy atom. The molecule has 2 aliphatic rings. The lowest BCUT2D eigenvalue weighted by molar-refractivity contribution is -0.385. The molecule has 0 spiro atoms. The molecule has 0 unspecified atom stereocenters. The Bertz CT molecular complexity index is 950. The fraction of sp³-hybridized carbons (Fsp3) is 0.421. The van der Waals surface area contributed by atoms with Crippen molar-refractivity contribution in [1.29, 1.82) is 0 Å². The standard InChI is InChI=1S/C19H21N5O5/c25-18(20-10-12-4-3-9-29-12)17-14-11-23(8-7-15(14)21-22-17)19(26)13-5-1-2-6-16(13)24(27)28/h1-2,5-6,12H,3-4,7-11H2,(H,20,25)(H,21,22)/t12-/m0/s1. The molecule has 1 atom stereocenters. The van der Waals surface area contributed by atoms with Crippen molar-refractivity contribution in [3.63, 3.8) is 0 Å². The zero-order valence-corrected chi connectivity index (χ0v) is 15.7. The number of nitrogens with zero attached hydrogens (tertiary/aromatic N) is 3. The number of ether oxygens (including phenoxy) is 1. The molecule has 4 rings (SSSR count). The maximum atomic E-state index is 12.9. The molecular formula is C19H21N5O5. The van der Waals surface area contributed by atoms with Gasteiger partial charge in [0.2, 0.25) is 0 Å². The molecule has 1 aromatic carbocycles. The molecule has 152 valence electrons. The number of aromatic nitrogens is 2. The van der Waals surface area contributed by atoms with Gasteiger partial charge in [0.15, 0.2) is 5.69 Å². The van der Waals surface area contributed by atoms with Crippen LogP contribution in [-0.4, -0.2) is 57.6 Å². The SMILES string of the molecule is O=C(NC[C@@H]1CCCO1)c1n[nH]c2c1CN(C(=O)c1ccccc1[N+](=O)[O-])CC2. The number of fused-ring (bicyclic) bond motifs is 1. The molecular weight excluding hydrogens is 378 g/mol. The highest BCUT2D eigenvalue weighted by Gasteiger charge is 2.31. The molecule has 0 bridgehead atoms. The molecule has 0 radical (unpaired) electrons. The zero-order chi connectivity index (χ0) is 20.4. The number of H-pyrrole nitrogens is 1. The Balaban J connectivity index is 1.49. The molecule has 10 heteroatoms. The molecule has 1 saturated heterocycles. The summed E-state index contributed by atoms with van der Waals surface area (Å²) in [6.07, 6.45) is 2.41. The Morgan fingerprint density at radius 1 is 1.38 bits per heavy atom. The molecule has 2 amide bonds. The summed E-state index contributed by atoms with van der Waals surface area (Å²) >= 11 is 0. The van der Waals surface area contributed by atoms with E-state index in [-0.39, 0.29) is 35.5 Å². The number of rotatable bonds is 5. The number of amides is 2. The number of benzene rings is 1. The summed E-state index contributed by atoms with van der Waals surface area (Å²) in [5.41, 5.74) is 1.50. The summed E-state index contributed by atoms with van der Waals surface area (Å²) in [7, 11) is 0. The fourth-order valence-corrected chi connectivity index (χ4v) is 3.74. The van der Waals surface area contributed by atoms with Gasteiger partial charge in [-0.15, -0.1) is 0 Å². The number of hydrogen-bond acceptors (Lipinski definition) is 6. The molecule has 1 aromatic heterocycles. The quantitative estimate of drug-likeness (QED) is 0.578. The van der Waals surface area contributed by atoms with Crippen molar-refractivity contribution >= 4 is 17.5 Å². The van der Waals surface area contributed by atoms with E-state index in [0.717, 1.165) is 18.5 Å². The number of para-hydroxylation sites is 1. The van der Waals surface area contributed by atoms with Gasteiger partial charge in [0.1, 0.15) is 5.56 Å². The highest BCUT2D eigenvalue weighted by Crippen LogP contribution is 2.25. The molecule has 2 aromatic rings. The summed E-state index contributed by atoms with van der Waals surface area (Å²) in [6.45, 7) is 1.68. The first-order valence-corrected chi connectivity index (χ1v) is 9.53. The van der Waals surface area contributed by atoms with Crippen molar-refractivity contribution in [2.24, 2.45) is 0 Å². The van der Waals surface area contributed by atoms with Crippen LogP contribution in [0, 0.1) is 10.1 Å². The summed E-state index contributed by atoms with van der Waals surface area (Å²) in [5, 5.41) is 21.1. The number of nitro groups is 1.